The van der Waals surface area contributed by atoms with Gasteiger partial charge in [0.25, 0.3) is 5.91 Å². The summed E-state index contributed by atoms with van der Waals surface area (Å²) in [5, 5.41) is 14.1. The smallest absolute Gasteiger partial charge is 0.271 e. The van der Waals surface area contributed by atoms with E-state index in [0.29, 0.717) is 18.8 Å². The number of nitrogens with zero attached hydrogens (tertiary/aromatic N) is 4. The molecule has 18 heavy (non-hydrogen) atoms. The third-order valence-electron chi connectivity index (χ3n) is 2.51. The molecule has 0 spiro atoms. The summed E-state index contributed by atoms with van der Waals surface area (Å²) in [6.45, 7) is 0.518. The first-order valence-corrected chi connectivity index (χ1v) is 5.51. The Labute approximate surface area is 104 Å². The minimum Gasteiger partial charge on any atom is -0.382 e. The zero-order valence-electron chi connectivity index (χ0n) is 10.00. The molecule has 7 nitrogen and oxygen atoms in total. The van der Waals surface area contributed by atoms with E-state index in [1.807, 2.05) is 13.1 Å². The fourth-order valence-electron chi connectivity index (χ4n) is 1.50. The maximum absolute atomic E-state index is 11.7. The number of rotatable bonds is 4. The van der Waals surface area contributed by atoms with Gasteiger partial charge in [0.15, 0.2) is 5.69 Å². The maximum Gasteiger partial charge on any atom is 0.271 e. The van der Waals surface area contributed by atoms with E-state index in [2.05, 4.69) is 20.6 Å². The maximum atomic E-state index is 11.7. The van der Waals surface area contributed by atoms with Crippen molar-refractivity contribution in [2.24, 2.45) is 7.05 Å². The molecule has 0 saturated carbocycles. The molecule has 0 aliphatic rings. The number of carbonyl (C=O) groups is 1. The number of nitrogen functional groups attached to an aromatic ring is 1. The van der Waals surface area contributed by atoms with Gasteiger partial charge >= 0.3 is 0 Å². The van der Waals surface area contributed by atoms with Crippen molar-refractivity contribution in [2.75, 3.05) is 12.3 Å². The van der Waals surface area contributed by atoms with Crippen LogP contribution in [0.15, 0.2) is 24.4 Å². The lowest BCUT2D eigenvalue weighted by Crippen LogP contribution is -2.27. The molecule has 2 aromatic rings. The van der Waals surface area contributed by atoms with Crippen LogP contribution in [0.2, 0.25) is 0 Å². The molecule has 0 aromatic carbocycles. The molecule has 0 fully saturated rings. The molecule has 0 radical (unpaired) electrons. The SMILES string of the molecule is Cn1nccc1CCNC(=O)c1ccc(N)nn1. The molecule has 0 unspecified atom stereocenters. The van der Waals surface area contributed by atoms with E-state index in [9.17, 15) is 4.79 Å². The largest absolute Gasteiger partial charge is 0.382 e. The Morgan fingerprint density at radius 1 is 1.39 bits per heavy atom. The molecule has 2 aromatic heterocycles. The lowest BCUT2D eigenvalue weighted by Gasteiger charge is -2.04. The van der Waals surface area contributed by atoms with Crippen LogP contribution in [0.5, 0.6) is 0 Å². The molecule has 2 heterocycles. The third-order valence-corrected chi connectivity index (χ3v) is 2.51. The third kappa shape index (κ3) is 2.82. The van der Waals surface area contributed by atoms with E-state index >= 15 is 0 Å². The summed E-state index contributed by atoms with van der Waals surface area (Å²) in [6.07, 6.45) is 2.44. The van der Waals surface area contributed by atoms with E-state index in [4.69, 9.17) is 5.73 Å². The Kier molecular flexibility index (Phi) is 3.52. The first kappa shape index (κ1) is 12.0. The summed E-state index contributed by atoms with van der Waals surface area (Å²) < 4.78 is 1.77. The number of aromatic nitrogens is 4. The van der Waals surface area contributed by atoms with Gasteiger partial charge in [-0.25, -0.2) is 0 Å². The molecule has 3 N–H and O–H groups in total. The second kappa shape index (κ2) is 5.26. The summed E-state index contributed by atoms with van der Waals surface area (Å²) in [5.74, 6) is 0.0334. The molecular formula is C11H14N6O. The number of carbonyl (C=O) groups excluding carboxylic acids is 1. The van der Waals surface area contributed by atoms with Crippen molar-refractivity contribution in [3.05, 3.63) is 35.8 Å². The lowest BCUT2D eigenvalue weighted by atomic mass is 10.3. The monoisotopic (exact) mass is 246 g/mol. The highest BCUT2D eigenvalue weighted by molar-refractivity contribution is 5.92. The number of amides is 1. The van der Waals surface area contributed by atoms with Crippen LogP contribution >= 0.6 is 0 Å². The average molecular weight is 246 g/mol. The number of anilines is 1. The zero-order valence-corrected chi connectivity index (χ0v) is 10.00. The minimum absolute atomic E-state index is 0.259. The molecule has 0 atom stereocenters. The summed E-state index contributed by atoms with van der Waals surface area (Å²) >= 11 is 0. The number of hydrogen-bond acceptors (Lipinski definition) is 5. The summed E-state index contributed by atoms with van der Waals surface area (Å²) in [7, 11) is 1.86. The zero-order chi connectivity index (χ0) is 13.0. The van der Waals surface area contributed by atoms with Crippen molar-refractivity contribution in [1.82, 2.24) is 25.3 Å². The van der Waals surface area contributed by atoms with Crippen LogP contribution in [-0.4, -0.2) is 32.4 Å². The predicted molar refractivity (Wildman–Crippen MR) is 65.7 cm³/mol. The van der Waals surface area contributed by atoms with Crippen molar-refractivity contribution in [1.29, 1.82) is 0 Å². The van der Waals surface area contributed by atoms with Gasteiger partial charge in [0, 0.05) is 31.9 Å². The van der Waals surface area contributed by atoms with Crippen LogP contribution < -0.4 is 11.1 Å². The van der Waals surface area contributed by atoms with E-state index in [0.717, 1.165) is 5.69 Å². The first-order valence-electron chi connectivity index (χ1n) is 5.51. The van der Waals surface area contributed by atoms with Gasteiger partial charge < -0.3 is 11.1 Å². The van der Waals surface area contributed by atoms with Gasteiger partial charge in [0.05, 0.1) is 0 Å². The van der Waals surface area contributed by atoms with Crippen molar-refractivity contribution in [3.8, 4) is 0 Å². The molecule has 0 aliphatic heterocycles. The molecule has 0 aliphatic carbocycles. The molecule has 94 valence electrons. The molecule has 2 rings (SSSR count). The quantitative estimate of drug-likeness (QED) is 0.776. The van der Waals surface area contributed by atoms with Gasteiger partial charge in [-0.1, -0.05) is 0 Å². The Bertz CT molecular complexity index is 533. The van der Waals surface area contributed by atoms with Gasteiger partial charge in [0.2, 0.25) is 0 Å². The Morgan fingerprint density at radius 2 is 2.22 bits per heavy atom. The number of aryl methyl sites for hydroxylation is 1. The van der Waals surface area contributed by atoms with Crippen LogP contribution in [0.1, 0.15) is 16.2 Å². The van der Waals surface area contributed by atoms with Crippen molar-refractivity contribution >= 4 is 11.7 Å². The molecule has 0 bridgehead atoms. The Balaban J connectivity index is 1.85. The van der Waals surface area contributed by atoms with Crippen LogP contribution in [0.3, 0.4) is 0 Å². The summed E-state index contributed by atoms with van der Waals surface area (Å²) in [5.41, 5.74) is 6.71. The van der Waals surface area contributed by atoms with Gasteiger partial charge in [-0.2, -0.15) is 5.10 Å². The summed E-state index contributed by atoms with van der Waals surface area (Å²) in [6, 6.07) is 5.00. The number of nitrogens with one attached hydrogen (secondary N) is 1. The van der Waals surface area contributed by atoms with Gasteiger partial charge in [-0.05, 0) is 18.2 Å². The van der Waals surface area contributed by atoms with Gasteiger partial charge in [0.1, 0.15) is 5.82 Å². The predicted octanol–water partition coefficient (Wildman–Crippen LogP) is -0.235. The van der Waals surface area contributed by atoms with Gasteiger partial charge in [-0.15, -0.1) is 10.2 Å². The minimum atomic E-state index is -0.260. The fourth-order valence-corrected chi connectivity index (χ4v) is 1.50. The standard InChI is InChI=1S/C11H14N6O/c1-17-8(5-7-14-17)4-6-13-11(18)9-2-3-10(12)16-15-9/h2-3,5,7H,4,6H2,1H3,(H2,12,16)(H,13,18). The molecule has 1 amide bonds. The van der Waals surface area contributed by atoms with Crippen molar-refractivity contribution in [3.63, 3.8) is 0 Å². The first-order chi connectivity index (χ1) is 8.66. The molecule has 7 heteroatoms. The van der Waals surface area contributed by atoms with E-state index in [1.165, 1.54) is 0 Å². The second-order valence-electron chi connectivity index (χ2n) is 3.80. The van der Waals surface area contributed by atoms with Crippen LogP contribution in [0.4, 0.5) is 5.82 Å². The van der Waals surface area contributed by atoms with Crippen molar-refractivity contribution < 1.29 is 4.79 Å². The fraction of sp³-hybridized carbons (Fsp3) is 0.273. The molecule has 0 saturated heterocycles. The van der Waals surface area contributed by atoms with Crippen LogP contribution in [0.25, 0.3) is 0 Å². The Hall–Kier alpha value is -2.44. The van der Waals surface area contributed by atoms with E-state index in [-0.39, 0.29) is 11.6 Å². The van der Waals surface area contributed by atoms with Crippen LogP contribution in [-0.2, 0) is 13.5 Å². The van der Waals surface area contributed by atoms with Gasteiger partial charge in [-0.3, -0.25) is 9.48 Å². The van der Waals surface area contributed by atoms with E-state index < -0.39 is 0 Å². The number of hydrogen-bond donors (Lipinski definition) is 2. The second-order valence-corrected chi connectivity index (χ2v) is 3.80. The van der Waals surface area contributed by atoms with Crippen LogP contribution in [0, 0.1) is 0 Å². The highest BCUT2D eigenvalue weighted by Gasteiger charge is 2.07. The van der Waals surface area contributed by atoms with E-state index in [1.54, 1.807) is 23.0 Å². The van der Waals surface area contributed by atoms with Crippen molar-refractivity contribution in [2.45, 2.75) is 6.42 Å². The lowest BCUT2D eigenvalue weighted by molar-refractivity contribution is 0.0948. The molecular weight excluding hydrogens is 232 g/mol. The Morgan fingerprint density at radius 3 is 2.83 bits per heavy atom. The topological polar surface area (TPSA) is 98.7 Å². The summed E-state index contributed by atoms with van der Waals surface area (Å²) in [4.78, 5) is 11.7. The highest BCUT2D eigenvalue weighted by Crippen LogP contribution is 1.98. The average Bonchev–Trinajstić information content (AvgIpc) is 2.76. The normalized spacial score (nSPS) is 10.3. The highest BCUT2D eigenvalue weighted by atomic mass is 16.1. The number of nitrogens with two attached hydrogens (primary N) is 1.